The minimum atomic E-state index is -0.273. The van der Waals surface area contributed by atoms with Crippen molar-refractivity contribution in [3.05, 3.63) is 0 Å². The Hall–Kier alpha value is -0.370. The topological polar surface area (TPSA) is 26.3 Å². The zero-order valence-electron chi connectivity index (χ0n) is 11.1. The number of hydrogen-bond acceptors (Lipinski definition) is 2. The predicted octanol–water partition coefficient (Wildman–Crippen LogP) is 3.59. The van der Waals surface area contributed by atoms with Crippen molar-refractivity contribution in [2.75, 3.05) is 0 Å². The molecule has 0 N–H and O–H groups in total. The van der Waals surface area contributed by atoms with E-state index in [9.17, 15) is 4.79 Å². The van der Waals surface area contributed by atoms with Crippen LogP contribution < -0.4 is 0 Å². The normalized spacial score (nSPS) is 16.1. The molecule has 0 radical (unpaired) electrons. The van der Waals surface area contributed by atoms with Gasteiger partial charge in [0.1, 0.15) is 6.10 Å². The van der Waals surface area contributed by atoms with Gasteiger partial charge in [0.2, 0.25) is 0 Å². The van der Waals surface area contributed by atoms with Crippen molar-refractivity contribution in [3.63, 3.8) is 0 Å². The molecule has 0 bridgehead atoms. The fraction of sp³-hybridized carbons (Fsp3) is 0.923. The number of ether oxygens (including phenoxy) is 1. The molecule has 0 aliphatic heterocycles. The average Bonchev–Trinajstić information content (AvgIpc) is 2.26. The lowest BCUT2D eigenvalue weighted by Crippen LogP contribution is -2.37. The highest BCUT2D eigenvalue weighted by atomic mass is 16.5. The van der Waals surface area contributed by atoms with Gasteiger partial charge in [-0.1, -0.05) is 27.7 Å². The zero-order chi connectivity index (χ0) is 12.1. The summed E-state index contributed by atoms with van der Waals surface area (Å²) in [4.78, 5) is 12.2. The van der Waals surface area contributed by atoms with E-state index >= 15 is 0 Å². The van der Waals surface area contributed by atoms with Crippen molar-refractivity contribution in [3.8, 4) is 0 Å². The number of carbonyl (C=O) groups is 1. The van der Waals surface area contributed by atoms with Crippen LogP contribution in [0.5, 0.6) is 0 Å². The number of rotatable bonds is 7. The molecule has 0 aromatic carbocycles. The van der Waals surface area contributed by atoms with Crippen LogP contribution in [-0.4, -0.2) is 18.0 Å². The molecule has 0 heterocycles. The Morgan fingerprint density at radius 1 is 1.20 bits per heavy atom. The van der Waals surface area contributed by atoms with Gasteiger partial charge in [0.25, 0.3) is 0 Å². The molecule has 0 aliphatic carbocycles. The van der Waals surface area contributed by atoms with Gasteiger partial charge >= 0.3 is 0 Å². The van der Waals surface area contributed by atoms with Crippen LogP contribution in [0.1, 0.15) is 60.8 Å². The van der Waals surface area contributed by atoms with Crippen molar-refractivity contribution in [1.29, 1.82) is 0 Å². The summed E-state index contributed by atoms with van der Waals surface area (Å²) in [5.74, 6) is 0.243. The first-order valence-electron chi connectivity index (χ1n) is 6.11. The highest BCUT2D eigenvalue weighted by Crippen LogP contribution is 2.29. The second-order valence-corrected chi connectivity index (χ2v) is 4.63. The van der Waals surface area contributed by atoms with Gasteiger partial charge in [-0.15, -0.1) is 0 Å². The summed E-state index contributed by atoms with van der Waals surface area (Å²) in [6.45, 7) is 12.1. The second kappa shape index (κ2) is 6.26. The molecule has 90 valence electrons. The summed E-state index contributed by atoms with van der Waals surface area (Å²) in [6, 6.07) is 0. The Labute approximate surface area is 94.4 Å². The van der Waals surface area contributed by atoms with E-state index in [1.54, 1.807) is 0 Å². The maximum absolute atomic E-state index is 12.2. The van der Waals surface area contributed by atoms with E-state index in [0.717, 1.165) is 19.3 Å². The van der Waals surface area contributed by atoms with Crippen LogP contribution in [0.3, 0.4) is 0 Å². The SMILES string of the molecule is CCC(C)OC(C)C(=O)C(C)(CC)CC. The van der Waals surface area contributed by atoms with E-state index in [0.29, 0.717) is 0 Å². The van der Waals surface area contributed by atoms with E-state index in [1.165, 1.54) is 0 Å². The maximum Gasteiger partial charge on any atom is 0.167 e. The minimum absolute atomic E-state index is 0.168. The second-order valence-electron chi connectivity index (χ2n) is 4.63. The third-order valence-corrected chi connectivity index (χ3v) is 3.54. The van der Waals surface area contributed by atoms with Gasteiger partial charge in [0.15, 0.2) is 5.78 Å². The fourth-order valence-electron chi connectivity index (χ4n) is 1.60. The van der Waals surface area contributed by atoms with Gasteiger partial charge in [-0.2, -0.15) is 0 Å². The van der Waals surface area contributed by atoms with E-state index in [-0.39, 0.29) is 23.4 Å². The Balaban J connectivity index is 4.42. The molecule has 0 aromatic heterocycles. The Bertz CT molecular complexity index is 195. The quantitative estimate of drug-likeness (QED) is 0.647. The van der Waals surface area contributed by atoms with Crippen molar-refractivity contribution >= 4 is 5.78 Å². The van der Waals surface area contributed by atoms with Gasteiger partial charge in [-0.3, -0.25) is 4.79 Å². The van der Waals surface area contributed by atoms with Gasteiger partial charge in [-0.05, 0) is 33.1 Å². The largest absolute Gasteiger partial charge is 0.368 e. The summed E-state index contributed by atoms with van der Waals surface area (Å²) >= 11 is 0. The lowest BCUT2D eigenvalue weighted by molar-refractivity contribution is -0.142. The summed E-state index contributed by atoms with van der Waals surface area (Å²) in [7, 11) is 0. The lowest BCUT2D eigenvalue weighted by atomic mass is 9.78. The summed E-state index contributed by atoms with van der Waals surface area (Å²) < 4.78 is 5.66. The van der Waals surface area contributed by atoms with E-state index in [2.05, 4.69) is 20.8 Å². The first-order chi connectivity index (χ1) is 6.91. The molecule has 2 nitrogen and oxygen atoms in total. The molecule has 2 atom stereocenters. The zero-order valence-corrected chi connectivity index (χ0v) is 11.1. The monoisotopic (exact) mass is 214 g/mol. The van der Waals surface area contributed by atoms with E-state index < -0.39 is 0 Å². The summed E-state index contributed by atoms with van der Waals surface area (Å²) in [6.07, 6.45) is 2.62. The first-order valence-corrected chi connectivity index (χ1v) is 6.11. The minimum Gasteiger partial charge on any atom is -0.368 e. The fourth-order valence-corrected chi connectivity index (χ4v) is 1.60. The predicted molar refractivity (Wildman–Crippen MR) is 64.0 cm³/mol. The van der Waals surface area contributed by atoms with Crippen LogP contribution in [0.25, 0.3) is 0 Å². The van der Waals surface area contributed by atoms with Crippen LogP contribution in [-0.2, 0) is 9.53 Å². The molecular formula is C13H26O2. The lowest BCUT2D eigenvalue weighted by Gasteiger charge is -2.29. The number of carbonyl (C=O) groups excluding carboxylic acids is 1. The molecule has 2 heteroatoms. The molecule has 0 aromatic rings. The third kappa shape index (κ3) is 3.94. The van der Waals surface area contributed by atoms with Gasteiger partial charge in [-0.25, -0.2) is 0 Å². The molecule has 0 spiro atoms. The standard InChI is InChI=1S/C13H26O2/c1-7-10(4)15-11(5)12(14)13(6,8-2)9-3/h10-11H,7-9H2,1-6H3. The van der Waals surface area contributed by atoms with Crippen molar-refractivity contribution < 1.29 is 9.53 Å². The van der Waals surface area contributed by atoms with E-state index in [4.69, 9.17) is 4.74 Å². The first kappa shape index (κ1) is 14.6. The Morgan fingerprint density at radius 3 is 2.00 bits per heavy atom. The number of hydrogen-bond donors (Lipinski definition) is 0. The molecule has 0 rings (SSSR count). The van der Waals surface area contributed by atoms with Crippen LogP contribution in [0, 0.1) is 5.41 Å². The average molecular weight is 214 g/mol. The number of ketones is 1. The molecular weight excluding hydrogens is 188 g/mol. The molecule has 0 aliphatic rings. The van der Waals surface area contributed by atoms with Crippen molar-refractivity contribution in [2.24, 2.45) is 5.41 Å². The van der Waals surface area contributed by atoms with Crippen LogP contribution >= 0.6 is 0 Å². The Kier molecular flexibility index (Phi) is 6.11. The molecule has 0 saturated heterocycles. The highest BCUT2D eigenvalue weighted by molar-refractivity contribution is 5.88. The van der Waals surface area contributed by atoms with Gasteiger partial charge in [0.05, 0.1) is 6.10 Å². The van der Waals surface area contributed by atoms with Crippen LogP contribution in [0.15, 0.2) is 0 Å². The van der Waals surface area contributed by atoms with Gasteiger partial charge < -0.3 is 4.74 Å². The van der Waals surface area contributed by atoms with Crippen molar-refractivity contribution in [2.45, 2.75) is 73.0 Å². The van der Waals surface area contributed by atoms with Gasteiger partial charge in [0, 0.05) is 5.41 Å². The van der Waals surface area contributed by atoms with E-state index in [1.807, 2.05) is 20.8 Å². The smallest absolute Gasteiger partial charge is 0.167 e. The molecule has 15 heavy (non-hydrogen) atoms. The highest BCUT2D eigenvalue weighted by Gasteiger charge is 2.33. The number of Topliss-reactive ketones (excluding diaryl/α,β-unsaturated/α-hetero) is 1. The Morgan fingerprint density at radius 2 is 1.67 bits per heavy atom. The molecule has 2 unspecified atom stereocenters. The van der Waals surface area contributed by atoms with Crippen LogP contribution in [0.4, 0.5) is 0 Å². The summed E-state index contributed by atoms with van der Waals surface area (Å²) in [5.41, 5.74) is -0.215. The molecule has 0 fully saturated rings. The summed E-state index contributed by atoms with van der Waals surface area (Å²) in [5, 5.41) is 0. The molecule has 0 amide bonds. The third-order valence-electron chi connectivity index (χ3n) is 3.54. The van der Waals surface area contributed by atoms with Crippen molar-refractivity contribution in [1.82, 2.24) is 0 Å². The maximum atomic E-state index is 12.2. The molecule has 0 saturated carbocycles. The van der Waals surface area contributed by atoms with Crippen LogP contribution in [0.2, 0.25) is 0 Å².